The number of piperidine rings is 1. The van der Waals surface area contributed by atoms with E-state index in [-0.39, 0.29) is 29.5 Å². The number of carbonyl (C=O) groups is 1. The Balaban J connectivity index is 0.000000189. The minimum Gasteiger partial charge on any atom is -0.472 e. The van der Waals surface area contributed by atoms with E-state index in [9.17, 15) is 18.0 Å². The number of aryl methyl sites for hydroxylation is 2. The molecule has 0 bridgehead atoms. The monoisotopic (exact) mass is 488 g/mol. The first-order chi connectivity index (χ1) is 16.6. The molecule has 4 heterocycles. The summed E-state index contributed by atoms with van der Waals surface area (Å²) >= 11 is 0. The molecule has 3 aromatic heterocycles. The van der Waals surface area contributed by atoms with Crippen molar-refractivity contribution in [2.45, 2.75) is 64.9 Å². The molecule has 186 valence electrons. The van der Waals surface area contributed by atoms with Gasteiger partial charge in [0.1, 0.15) is 11.8 Å². The van der Waals surface area contributed by atoms with Gasteiger partial charge in [-0.25, -0.2) is 4.98 Å². The maximum atomic E-state index is 12.5. The van der Waals surface area contributed by atoms with E-state index in [1.807, 2.05) is 32.9 Å². The van der Waals surface area contributed by atoms with Crippen LogP contribution in [0.15, 0.2) is 42.9 Å². The van der Waals surface area contributed by atoms with Crippen molar-refractivity contribution in [2.24, 2.45) is 5.41 Å². The number of halogens is 3. The lowest BCUT2D eigenvalue weighted by atomic mass is 9.50. The number of hydrogen-bond donors (Lipinski definition) is 0. The number of nitrogens with zero attached hydrogens (tertiary/aromatic N) is 6. The molecular formula is C24H27F3N6O2. The maximum Gasteiger partial charge on any atom is 0.417 e. The molecule has 1 aliphatic carbocycles. The van der Waals surface area contributed by atoms with Crippen molar-refractivity contribution in [2.75, 3.05) is 0 Å². The molecule has 0 N–H and O–H groups in total. The van der Waals surface area contributed by atoms with E-state index in [1.54, 1.807) is 22.1 Å². The molecule has 4 unspecified atom stereocenters. The van der Waals surface area contributed by atoms with Gasteiger partial charge in [0.25, 0.3) is 0 Å². The zero-order valence-corrected chi connectivity index (χ0v) is 19.9. The highest BCUT2D eigenvalue weighted by molar-refractivity contribution is 5.54. The van der Waals surface area contributed by atoms with Gasteiger partial charge in [0.2, 0.25) is 12.3 Å². The number of amides is 1. The third-order valence-corrected chi connectivity index (χ3v) is 7.07. The Hall–Kier alpha value is -3.50. The van der Waals surface area contributed by atoms with Crippen LogP contribution in [0.25, 0.3) is 5.69 Å². The van der Waals surface area contributed by atoms with Crippen LogP contribution in [0.5, 0.6) is 5.88 Å². The van der Waals surface area contributed by atoms with E-state index < -0.39 is 11.7 Å². The van der Waals surface area contributed by atoms with E-state index in [0.29, 0.717) is 0 Å². The summed E-state index contributed by atoms with van der Waals surface area (Å²) in [6, 6.07) is 6.27. The zero-order chi connectivity index (χ0) is 25.4. The average Bonchev–Trinajstić information content (AvgIpc) is 3.34. The van der Waals surface area contributed by atoms with Gasteiger partial charge in [0.05, 0.1) is 29.7 Å². The van der Waals surface area contributed by atoms with E-state index >= 15 is 0 Å². The summed E-state index contributed by atoms with van der Waals surface area (Å²) < 4.78 is 43.2. The van der Waals surface area contributed by atoms with Crippen molar-refractivity contribution >= 4 is 6.41 Å². The fourth-order valence-corrected chi connectivity index (χ4v) is 5.09. The Morgan fingerprint density at radius 2 is 1.89 bits per heavy atom. The number of fused-ring (bicyclic) bond motifs is 1. The van der Waals surface area contributed by atoms with Crippen LogP contribution in [0, 0.1) is 19.3 Å². The summed E-state index contributed by atoms with van der Waals surface area (Å²) in [6.07, 6.45) is 2.02. The van der Waals surface area contributed by atoms with E-state index in [2.05, 4.69) is 27.1 Å². The largest absolute Gasteiger partial charge is 0.472 e. The van der Waals surface area contributed by atoms with Crippen LogP contribution in [0.2, 0.25) is 0 Å². The molecule has 11 heteroatoms. The summed E-state index contributed by atoms with van der Waals surface area (Å²) in [5, 5.41) is 8.09. The van der Waals surface area contributed by atoms with Crippen molar-refractivity contribution in [1.29, 1.82) is 0 Å². The van der Waals surface area contributed by atoms with Gasteiger partial charge in [-0.2, -0.15) is 23.4 Å². The molecule has 4 atom stereocenters. The molecule has 0 spiro atoms. The highest BCUT2D eigenvalue weighted by Gasteiger charge is 2.69. The number of pyridine rings is 2. The Labute approximate surface area is 201 Å². The molecule has 0 aromatic carbocycles. The lowest BCUT2D eigenvalue weighted by molar-refractivity contribution is -0.240. The van der Waals surface area contributed by atoms with Gasteiger partial charge in [0, 0.05) is 29.4 Å². The number of likely N-dealkylation sites (tertiary alicyclic amines) is 1. The van der Waals surface area contributed by atoms with Crippen molar-refractivity contribution in [1.82, 2.24) is 29.9 Å². The minimum atomic E-state index is -4.41. The van der Waals surface area contributed by atoms with Crippen LogP contribution >= 0.6 is 0 Å². The molecule has 1 saturated heterocycles. The minimum absolute atomic E-state index is 0.00547. The van der Waals surface area contributed by atoms with Crippen LogP contribution in [0.4, 0.5) is 13.2 Å². The fraction of sp³-hybridized carbons (Fsp3) is 0.458. The van der Waals surface area contributed by atoms with Crippen LogP contribution in [-0.2, 0) is 11.0 Å². The summed E-state index contributed by atoms with van der Waals surface area (Å²) in [5.41, 5.74) is 2.15. The highest BCUT2D eigenvalue weighted by atomic mass is 19.4. The predicted octanol–water partition coefficient (Wildman–Crippen LogP) is 4.16. The van der Waals surface area contributed by atoms with Crippen molar-refractivity contribution in [3.05, 3.63) is 59.8 Å². The van der Waals surface area contributed by atoms with Gasteiger partial charge < -0.3 is 9.64 Å². The zero-order valence-electron chi connectivity index (χ0n) is 19.9. The highest BCUT2D eigenvalue weighted by Crippen LogP contribution is 2.59. The van der Waals surface area contributed by atoms with Gasteiger partial charge in [-0.3, -0.25) is 9.78 Å². The van der Waals surface area contributed by atoms with E-state index in [0.717, 1.165) is 48.6 Å². The van der Waals surface area contributed by atoms with Crippen molar-refractivity contribution < 1.29 is 22.7 Å². The fourth-order valence-electron chi connectivity index (χ4n) is 5.09. The van der Waals surface area contributed by atoms with E-state index in [1.165, 1.54) is 6.07 Å². The molecule has 0 radical (unpaired) electrons. The third-order valence-electron chi connectivity index (χ3n) is 7.07. The summed E-state index contributed by atoms with van der Waals surface area (Å²) in [4.78, 5) is 22.5. The lowest BCUT2D eigenvalue weighted by Crippen LogP contribution is -2.82. The Bertz CT molecular complexity index is 1170. The molecule has 35 heavy (non-hydrogen) atoms. The Kier molecular flexibility index (Phi) is 6.52. The van der Waals surface area contributed by atoms with Gasteiger partial charge in [-0.1, -0.05) is 6.92 Å². The van der Waals surface area contributed by atoms with Crippen LogP contribution in [0.3, 0.4) is 0 Å². The molecule has 2 aliphatic rings. The molecule has 5 rings (SSSR count). The van der Waals surface area contributed by atoms with Crippen LogP contribution in [-0.4, -0.2) is 54.5 Å². The summed E-state index contributed by atoms with van der Waals surface area (Å²) in [5.74, 6) is 0.160. The molecule has 3 aromatic rings. The Morgan fingerprint density at radius 1 is 1.17 bits per heavy atom. The average molecular weight is 489 g/mol. The second-order valence-corrected chi connectivity index (χ2v) is 8.88. The van der Waals surface area contributed by atoms with Crippen LogP contribution < -0.4 is 4.74 Å². The first-order valence-corrected chi connectivity index (χ1v) is 11.3. The standard InChI is InChI=1S/C15H17F3N2O2.C9H10N4/c1-3-14-6-11(13(14)20(8-21)9(14)2)22-12-5-4-10(7-19-12)15(16,17)18;1-7-3-4-9(8(2)12-7)13-10-5-6-11-13/h4-5,7-9,11,13H,3,6H2,1-2H3;3-6H,1-2H3. The number of aromatic nitrogens is 5. The molecular weight excluding hydrogens is 461 g/mol. The summed E-state index contributed by atoms with van der Waals surface area (Å²) in [7, 11) is 0. The van der Waals surface area contributed by atoms with Crippen molar-refractivity contribution in [3.8, 4) is 11.6 Å². The van der Waals surface area contributed by atoms with Gasteiger partial charge >= 0.3 is 6.18 Å². The maximum absolute atomic E-state index is 12.5. The van der Waals surface area contributed by atoms with Crippen molar-refractivity contribution in [3.63, 3.8) is 0 Å². The third kappa shape index (κ3) is 4.46. The van der Waals surface area contributed by atoms with Crippen LogP contribution in [0.1, 0.15) is 43.6 Å². The smallest absolute Gasteiger partial charge is 0.417 e. The van der Waals surface area contributed by atoms with Gasteiger partial charge in [-0.15, -0.1) is 4.80 Å². The first kappa shape index (κ1) is 24.6. The first-order valence-electron chi connectivity index (χ1n) is 11.3. The number of ether oxygens (including phenoxy) is 1. The SMILES string of the molecule is CCC12CC(Oc3ccc(C(F)(F)F)cn3)C1N(C=O)C2C.Cc1ccc(-n2nccn2)c(C)n1. The molecule has 8 nitrogen and oxygen atoms in total. The van der Waals surface area contributed by atoms with Gasteiger partial charge in [-0.05, 0) is 51.8 Å². The number of carbonyl (C=O) groups excluding carboxylic acids is 1. The number of alkyl halides is 3. The topological polar surface area (TPSA) is 86.0 Å². The molecule has 1 aliphatic heterocycles. The summed E-state index contributed by atoms with van der Waals surface area (Å²) in [6.45, 7) is 8.01. The normalized spacial score (nSPS) is 24.9. The Morgan fingerprint density at radius 3 is 2.43 bits per heavy atom. The molecule has 2 fully saturated rings. The molecule has 1 saturated carbocycles. The molecule has 1 amide bonds. The predicted molar refractivity (Wildman–Crippen MR) is 121 cm³/mol. The van der Waals surface area contributed by atoms with E-state index in [4.69, 9.17) is 4.74 Å². The number of rotatable bonds is 5. The number of hydrogen-bond acceptors (Lipinski definition) is 6. The second-order valence-electron chi connectivity index (χ2n) is 8.88. The quantitative estimate of drug-likeness (QED) is 0.502. The van der Waals surface area contributed by atoms with Gasteiger partial charge in [0.15, 0.2) is 0 Å². The lowest BCUT2D eigenvalue weighted by Gasteiger charge is -2.71. The second kappa shape index (κ2) is 9.27.